The zero-order chi connectivity index (χ0) is 22.5. The monoisotopic (exact) mass is 449 g/mol. The summed E-state index contributed by atoms with van der Waals surface area (Å²) in [5, 5.41) is 4.19. The summed E-state index contributed by atoms with van der Waals surface area (Å²) in [6, 6.07) is 15.9. The Labute approximate surface area is 194 Å². The molecule has 0 unspecified atom stereocenters. The van der Waals surface area contributed by atoms with E-state index in [0.29, 0.717) is 24.4 Å². The number of amides is 2. The maximum atomic E-state index is 12.7. The van der Waals surface area contributed by atoms with Gasteiger partial charge in [-0.25, -0.2) is 0 Å². The molecule has 4 rings (SSSR count). The van der Waals surface area contributed by atoms with E-state index in [1.54, 1.807) is 11.8 Å². The van der Waals surface area contributed by atoms with Crippen molar-refractivity contribution in [2.75, 3.05) is 25.4 Å². The van der Waals surface area contributed by atoms with Gasteiger partial charge in [-0.1, -0.05) is 43.3 Å². The molecule has 5 nitrogen and oxygen atoms in total. The van der Waals surface area contributed by atoms with Crippen molar-refractivity contribution in [2.24, 2.45) is 5.92 Å². The van der Waals surface area contributed by atoms with E-state index in [9.17, 15) is 9.59 Å². The van der Waals surface area contributed by atoms with Gasteiger partial charge in [0.15, 0.2) is 0 Å². The minimum atomic E-state index is -0.0457. The number of hydrogen-bond acceptors (Lipinski definition) is 3. The molecule has 2 amide bonds. The van der Waals surface area contributed by atoms with E-state index in [1.807, 2.05) is 48.2 Å². The second-order valence-electron chi connectivity index (χ2n) is 8.63. The van der Waals surface area contributed by atoms with Crippen molar-refractivity contribution in [3.63, 3.8) is 0 Å². The van der Waals surface area contributed by atoms with Crippen molar-refractivity contribution in [3.05, 3.63) is 65.9 Å². The number of hydrogen-bond donors (Lipinski definition) is 1. The fraction of sp³-hybridized carbons (Fsp3) is 0.385. The summed E-state index contributed by atoms with van der Waals surface area (Å²) in [5.74, 6) is 1.36. The normalized spacial score (nSPS) is 14.6. The summed E-state index contributed by atoms with van der Waals surface area (Å²) in [7, 11) is 0. The molecule has 0 bridgehead atoms. The summed E-state index contributed by atoms with van der Waals surface area (Å²) in [6.07, 6.45) is 4.31. The Kier molecular flexibility index (Phi) is 7.20. The highest BCUT2D eigenvalue weighted by molar-refractivity contribution is 8.00. The van der Waals surface area contributed by atoms with Crippen LogP contribution in [0.2, 0.25) is 0 Å². The molecule has 1 saturated heterocycles. The first-order valence-corrected chi connectivity index (χ1v) is 12.3. The van der Waals surface area contributed by atoms with Crippen LogP contribution in [0.5, 0.6) is 0 Å². The third kappa shape index (κ3) is 5.18. The van der Waals surface area contributed by atoms with Crippen molar-refractivity contribution in [1.82, 2.24) is 14.8 Å². The second kappa shape index (κ2) is 10.3. The first-order valence-electron chi connectivity index (χ1n) is 11.3. The molecule has 0 radical (unpaired) electrons. The molecule has 0 spiro atoms. The maximum absolute atomic E-state index is 12.7. The molecule has 0 atom stereocenters. The largest absolute Gasteiger partial charge is 0.350 e. The predicted octanol–water partition coefficient (Wildman–Crippen LogP) is 4.73. The highest BCUT2D eigenvalue weighted by atomic mass is 32.2. The summed E-state index contributed by atoms with van der Waals surface area (Å²) < 4.78 is 2.17. The van der Waals surface area contributed by atoms with Crippen molar-refractivity contribution in [1.29, 1.82) is 0 Å². The van der Waals surface area contributed by atoms with E-state index in [2.05, 4.69) is 35.1 Å². The van der Waals surface area contributed by atoms with Crippen molar-refractivity contribution >= 4 is 34.5 Å². The first kappa shape index (κ1) is 22.5. The number of fused-ring (bicyclic) bond motifs is 1. The van der Waals surface area contributed by atoms with Crippen LogP contribution >= 0.6 is 11.8 Å². The number of aromatic nitrogens is 1. The summed E-state index contributed by atoms with van der Waals surface area (Å²) >= 11 is 1.61. The van der Waals surface area contributed by atoms with E-state index in [1.165, 1.54) is 0 Å². The number of aryl methyl sites for hydroxylation is 1. The van der Waals surface area contributed by atoms with Crippen molar-refractivity contribution in [3.8, 4) is 0 Å². The van der Waals surface area contributed by atoms with E-state index in [0.717, 1.165) is 53.2 Å². The Morgan fingerprint density at radius 1 is 1.06 bits per heavy atom. The first-order chi connectivity index (χ1) is 15.5. The third-order valence-corrected chi connectivity index (χ3v) is 7.30. The number of benzene rings is 2. The number of nitrogens with one attached hydrogen (secondary N) is 1. The fourth-order valence-corrected chi connectivity index (χ4v) is 5.21. The van der Waals surface area contributed by atoms with E-state index in [-0.39, 0.29) is 11.8 Å². The lowest BCUT2D eigenvalue weighted by Crippen LogP contribution is -2.38. The fourth-order valence-electron chi connectivity index (χ4n) is 4.21. The van der Waals surface area contributed by atoms with Crippen LogP contribution in [-0.2, 0) is 11.3 Å². The van der Waals surface area contributed by atoms with Gasteiger partial charge in [-0.3, -0.25) is 9.59 Å². The minimum Gasteiger partial charge on any atom is -0.350 e. The molecule has 1 aromatic heterocycles. The van der Waals surface area contributed by atoms with Gasteiger partial charge in [-0.15, -0.1) is 11.8 Å². The minimum absolute atomic E-state index is 0.0457. The molecule has 1 N–H and O–H groups in total. The molecule has 6 heteroatoms. The van der Waals surface area contributed by atoms with E-state index < -0.39 is 0 Å². The quantitative estimate of drug-likeness (QED) is 0.531. The van der Waals surface area contributed by atoms with E-state index >= 15 is 0 Å². The van der Waals surface area contributed by atoms with E-state index in [4.69, 9.17) is 0 Å². The Bertz CT molecular complexity index is 1100. The number of rotatable bonds is 7. The maximum Gasteiger partial charge on any atom is 0.251 e. The summed E-state index contributed by atoms with van der Waals surface area (Å²) in [4.78, 5) is 28.3. The number of carbonyl (C=O) groups is 2. The zero-order valence-corrected chi connectivity index (χ0v) is 19.7. The molecule has 2 heterocycles. The van der Waals surface area contributed by atoms with Crippen LogP contribution in [0.25, 0.3) is 10.9 Å². The SMILES string of the molecule is Cc1ccccc1C(=O)NCCn1cc(SCC(=O)N2CCC(C)CC2)c2ccccc21. The number of likely N-dealkylation sites (tertiary alicyclic amines) is 1. The van der Waals surface area contributed by atoms with Gasteiger partial charge in [-0.05, 0) is 43.4 Å². The lowest BCUT2D eigenvalue weighted by molar-refractivity contribution is -0.129. The molecule has 32 heavy (non-hydrogen) atoms. The van der Waals surface area contributed by atoms with Crippen LogP contribution in [0.15, 0.2) is 59.6 Å². The molecular weight excluding hydrogens is 418 g/mol. The molecule has 3 aromatic rings. The molecular formula is C26H31N3O2S. The molecule has 0 aliphatic carbocycles. The van der Waals surface area contributed by atoms with Gasteiger partial charge >= 0.3 is 0 Å². The van der Waals surface area contributed by atoms with Gasteiger partial charge in [0.25, 0.3) is 5.91 Å². The lowest BCUT2D eigenvalue weighted by atomic mass is 9.99. The van der Waals surface area contributed by atoms with Crippen LogP contribution in [0.1, 0.15) is 35.7 Å². The van der Waals surface area contributed by atoms with Gasteiger partial charge in [0.2, 0.25) is 5.91 Å². The van der Waals surface area contributed by atoms with Gasteiger partial charge in [0.05, 0.1) is 5.75 Å². The van der Waals surface area contributed by atoms with Crippen LogP contribution < -0.4 is 5.32 Å². The number of carbonyl (C=O) groups excluding carboxylic acids is 2. The van der Waals surface area contributed by atoms with Crippen molar-refractivity contribution in [2.45, 2.75) is 38.1 Å². The number of piperidine rings is 1. The van der Waals surface area contributed by atoms with Crippen LogP contribution in [0.3, 0.4) is 0 Å². The smallest absolute Gasteiger partial charge is 0.251 e. The van der Waals surface area contributed by atoms with Crippen molar-refractivity contribution < 1.29 is 9.59 Å². The molecule has 1 fully saturated rings. The number of thioether (sulfide) groups is 1. The number of nitrogens with zero attached hydrogens (tertiary/aromatic N) is 2. The summed E-state index contributed by atoms with van der Waals surface area (Å²) in [5.41, 5.74) is 2.81. The standard InChI is InChI=1S/C26H31N3O2S/c1-19-11-14-28(15-12-19)25(30)18-32-24-17-29(23-10-6-5-9-22(23)24)16-13-27-26(31)21-8-4-3-7-20(21)2/h3-10,17,19H,11-16,18H2,1-2H3,(H,27,31). The Morgan fingerprint density at radius 2 is 1.78 bits per heavy atom. The number of para-hydroxylation sites is 1. The Hall–Kier alpha value is -2.73. The third-order valence-electron chi connectivity index (χ3n) is 6.27. The Morgan fingerprint density at radius 3 is 2.56 bits per heavy atom. The molecule has 0 saturated carbocycles. The second-order valence-corrected chi connectivity index (χ2v) is 9.64. The van der Waals surface area contributed by atoms with Gasteiger partial charge in [-0.2, -0.15) is 0 Å². The average molecular weight is 450 g/mol. The van der Waals surface area contributed by atoms with Crippen LogP contribution in [0.4, 0.5) is 0 Å². The molecule has 1 aliphatic rings. The summed E-state index contributed by atoms with van der Waals surface area (Å²) in [6.45, 7) is 7.18. The predicted molar refractivity (Wildman–Crippen MR) is 131 cm³/mol. The van der Waals surface area contributed by atoms with Crippen LogP contribution in [0, 0.1) is 12.8 Å². The zero-order valence-electron chi connectivity index (χ0n) is 18.8. The van der Waals surface area contributed by atoms with Crippen LogP contribution in [-0.4, -0.2) is 46.7 Å². The highest BCUT2D eigenvalue weighted by Gasteiger charge is 2.21. The van der Waals surface area contributed by atoms with Gasteiger partial charge in [0, 0.05) is 53.7 Å². The van der Waals surface area contributed by atoms with Gasteiger partial charge in [0.1, 0.15) is 0 Å². The lowest BCUT2D eigenvalue weighted by Gasteiger charge is -2.30. The topological polar surface area (TPSA) is 54.3 Å². The molecule has 1 aliphatic heterocycles. The molecule has 168 valence electrons. The highest BCUT2D eigenvalue weighted by Crippen LogP contribution is 2.30. The molecule has 2 aromatic carbocycles. The van der Waals surface area contributed by atoms with Gasteiger partial charge < -0.3 is 14.8 Å². The average Bonchev–Trinajstić information content (AvgIpc) is 3.16. The Balaban J connectivity index is 1.38.